The summed E-state index contributed by atoms with van der Waals surface area (Å²) < 4.78 is 1.93. The van der Waals surface area contributed by atoms with Crippen LogP contribution in [0.2, 0.25) is 0 Å². The standard InChI is InChI=1S/C18H26N4O/c1-4-5-6-9-22-18-13(10-20-22)16(19)15-14(21-18)8-7-12(11(2)3)17(15)23/h10-12H,4-9H2,1-3H3,(H2,19,21). The van der Waals surface area contributed by atoms with E-state index in [9.17, 15) is 4.79 Å². The van der Waals surface area contributed by atoms with Gasteiger partial charge in [0.15, 0.2) is 11.4 Å². The number of nitrogens with two attached hydrogens (primary N) is 1. The topological polar surface area (TPSA) is 73.8 Å². The lowest BCUT2D eigenvalue weighted by Crippen LogP contribution is -2.28. The fraction of sp³-hybridized carbons (Fsp3) is 0.611. The van der Waals surface area contributed by atoms with Crippen molar-refractivity contribution in [3.8, 4) is 0 Å². The van der Waals surface area contributed by atoms with Crippen LogP contribution in [0, 0.1) is 11.8 Å². The molecule has 0 aromatic carbocycles. The van der Waals surface area contributed by atoms with Crippen LogP contribution in [-0.2, 0) is 13.0 Å². The van der Waals surface area contributed by atoms with Gasteiger partial charge in [0.25, 0.3) is 0 Å². The van der Waals surface area contributed by atoms with E-state index < -0.39 is 0 Å². The smallest absolute Gasteiger partial charge is 0.170 e. The molecule has 2 N–H and O–H groups in total. The summed E-state index contributed by atoms with van der Waals surface area (Å²) in [5.74, 6) is 0.554. The molecule has 1 atom stereocenters. The summed E-state index contributed by atoms with van der Waals surface area (Å²) in [5.41, 5.74) is 9.25. The Kier molecular flexibility index (Phi) is 4.37. The van der Waals surface area contributed by atoms with Crippen LogP contribution in [0.1, 0.15) is 62.5 Å². The van der Waals surface area contributed by atoms with Crippen molar-refractivity contribution in [3.05, 3.63) is 17.5 Å². The Morgan fingerprint density at radius 3 is 2.87 bits per heavy atom. The minimum atomic E-state index is 0.0589. The number of anilines is 1. The van der Waals surface area contributed by atoms with E-state index in [1.54, 1.807) is 6.20 Å². The van der Waals surface area contributed by atoms with Crippen LogP contribution in [-0.4, -0.2) is 20.5 Å². The lowest BCUT2D eigenvalue weighted by atomic mass is 9.78. The number of nitrogens with zero attached hydrogens (tertiary/aromatic N) is 3. The van der Waals surface area contributed by atoms with Gasteiger partial charge in [-0.05, 0) is 25.2 Å². The number of ketones is 1. The Morgan fingerprint density at radius 1 is 1.39 bits per heavy atom. The first-order valence-corrected chi connectivity index (χ1v) is 8.72. The monoisotopic (exact) mass is 314 g/mol. The molecule has 3 rings (SSSR count). The minimum absolute atomic E-state index is 0.0589. The van der Waals surface area contributed by atoms with Gasteiger partial charge in [-0.2, -0.15) is 5.10 Å². The highest BCUT2D eigenvalue weighted by atomic mass is 16.1. The Labute approximate surface area is 137 Å². The molecule has 0 saturated heterocycles. The number of unbranched alkanes of at least 4 members (excludes halogenated alkanes) is 2. The van der Waals surface area contributed by atoms with Gasteiger partial charge < -0.3 is 5.73 Å². The number of rotatable bonds is 5. The molecule has 5 nitrogen and oxygen atoms in total. The molecule has 0 fully saturated rings. The summed E-state index contributed by atoms with van der Waals surface area (Å²) in [4.78, 5) is 17.6. The third-order valence-corrected chi connectivity index (χ3v) is 4.95. The quantitative estimate of drug-likeness (QED) is 0.856. The lowest BCUT2D eigenvalue weighted by Gasteiger charge is -2.26. The number of carbonyl (C=O) groups excluding carboxylic acids is 1. The van der Waals surface area contributed by atoms with Gasteiger partial charge in [0.2, 0.25) is 0 Å². The molecule has 0 bridgehead atoms. The predicted molar refractivity (Wildman–Crippen MR) is 92.4 cm³/mol. The van der Waals surface area contributed by atoms with Crippen molar-refractivity contribution in [1.82, 2.24) is 14.8 Å². The second-order valence-electron chi connectivity index (χ2n) is 6.91. The number of pyridine rings is 1. The summed E-state index contributed by atoms with van der Waals surface area (Å²) in [6.45, 7) is 7.23. The van der Waals surface area contributed by atoms with Crippen molar-refractivity contribution in [3.63, 3.8) is 0 Å². The van der Waals surface area contributed by atoms with Gasteiger partial charge in [-0.1, -0.05) is 33.6 Å². The average molecular weight is 314 g/mol. The first-order valence-electron chi connectivity index (χ1n) is 8.72. The molecule has 5 heteroatoms. The molecule has 1 unspecified atom stereocenters. The molecule has 23 heavy (non-hydrogen) atoms. The maximum atomic E-state index is 12.8. The maximum Gasteiger partial charge on any atom is 0.170 e. The molecule has 0 radical (unpaired) electrons. The van der Waals surface area contributed by atoms with Crippen LogP contribution in [0.25, 0.3) is 11.0 Å². The predicted octanol–water partition coefficient (Wildman–Crippen LogP) is 3.60. The largest absolute Gasteiger partial charge is 0.397 e. The van der Waals surface area contributed by atoms with Crippen molar-refractivity contribution in [2.75, 3.05) is 5.73 Å². The van der Waals surface area contributed by atoms with Crippen LogP contribution in [0.15, 0.2) is 6.20 Å². The molecule has 124 valence electrons. The molecule has 2 heterocycles. The van der Waals surface area contributed by atoms with Crippen molar-refractivity contribution < 1.29 is 4.79 Å². The summed E-state index contributed by atoms with van der Waals surface area (Å²) in [6, 6.07) is 0. The number of fused-ring (bicyclic) bond motifs is 2. The normalized spacial score (nSPS) is 17.9. The average Bonchev–Trinajstić information content (AvgIpc) is 2.91. The zero-order valence-corrected chi connectivity index (χ0v) is 14.3. The summed E-state index contributed by atoms with van der Waals surface area (Å²) in [5, 5.41) is 5.26. The number of nitrogen functional groups attached to an aromatic ring is 1. The zero-order chi connectivity index (χ0) is 16.6. The Morgan fingerprint density at radius 2 is 2.17 bits per heavy atom. The Balaban J connectivity index is 2.03. The van der Waals surface area contributed by atoms with Gasteiger partial charge in [-0.3, -0.25) is 4.79 Å². The number of aryl methyl sites for hydroxylation is 2. The van der Waals surface area contributed by atoms with Crippen molar-refractivity contribution >= 4 is 22.5 Å². The van der Waals surface area contributed by atoms with E-state index in [2.05, 4.69) is 25.9 Å². The van der Waals surface area contributed by atoms with Gasteiger partial charge in [0.1, 0.15) is 0 Å². The number of hydrogen-bond acceptors (Lipinski definition) is 4. The molecule has 1 aliphatic carbocycles. The summed E-state index contributed by atoms with van der Waals surface area (Å²) in [7, 11) is 0. The van der Waals surface area contributed by atoms with Crippen LogP contribution < -0.4 is 5.73 Å². The molecular weight excluding hydrogens is 288 g/mol. The second-order valence-corrected chi connectivity index (χ2v) is 6.91. The number of Topliss-reactive ketones (excluding diaryl/α,β-unsaturated/α-hetero) is 1. The van der Waals surface area contributed by atoms with Gasteiger partial charge in [0, 0.05) is 12.5 Å². The summed E-state index contributed by atoms with van der Waals surface area (Å²) >= 11 is 0. The second kappa shape index (κ2) is 6.30. The van der Waals surface area contributed by atoms with Gasteiger partial charge in [-0.15, -0.1) is 0 Å². The molecular formula is C18H26N4O. The van der Waals surface area contributed by atoms with Crippen molar-refractivity contribution in [2.45, 2.75) is 59.4 Å². The molecule has 2 aromatic rings. The van der Waals surface area contributed by atoms with E-state index in [-0.39, 0.29) is 11.7 Å². The highest BCUT2D eigenvalue weighted by molar-refractivity contribution is 6.09. The van der Waals surface area contributed by atoms with Gasteiger partial charge >= 0.3 is 0 Å². The van der Waals surface area contributed by atoms with Crippen LogP contribution in [0.3, 0.4) is 0 Å². The van der Waals surface area contributed by atoms with Crippen molar-refractivity contribution in [2.24, 2.45) is 11.8 Å². The van der Waals surface area contributed by atoms with Crippen LogP contribution in [0.4, 0.5) is 5.69 Å². The van der Waals surface area contributed by atoms with Crippen LogP contribution >= 0.6 is 0 Å². The Bertz CT molecular complexity index is 732. The lowest BCUT2D eigenvalue weighted by molar-refractivity contribution is 0.0864. The minimum Gasteiger partial charge on any atom is -0.397 e. The zero-order valence-electron chi connectivity index (χ0n) is 14.3. The number of aromatic nitrogens is 3. The molecule has 0 aliphatic heterocycles. The van der Waals surface area contributed by atoms with E-state index in [0.717, 1.165) is 42.5 Å². The highest BCUT2D eigenvalue weighted by Crippen LogP contribution is 2.35. The first kappa shape index (κ1) is 16.0. The molecule has 0 saturated carbocycles. The third-order valence-electron chi connectivity index (χ3n) is 4.95. The SMILES string of the molecule is CCCCCn1ncc2c(N)c3c(nc21)CCC(C(C)C)C3=O. The number of carbonyl (C=O) groups is 1. The maximum absolute atomic E-state index is 12.8. The third kappa shape index (κ3) is 2.73. The van der Waals surface area contributed by atoms with Crippen LogP contribution in [0.5, 0.6) is 0 Å². The number of hydrogen-bond donors (Lipinski definition) is 1. The fourth-order valence-electron chi connectivity index (χ4n) is 3.54. The first-order chi connectivity index (χ1) is 11.0. The van der Waals surface area contributed by atoms with Gasteiger partial charge in [0.05, 0.1) is 28.5 Å². The molecule has 0 spiro atoms. The van der Waals surface area contributed by atoms with Gasteiger partial charge in [-0.25, -0.2) is 9.67 Å². The molecule has 0 amide bonds. The van der Waals surface area contributed by atoms with Crippen molar-refractivity contribution in [1.29, 1.82) is 0 Å². The van der Waals surface area contributed by atoms with E-state index in [1.807, 2.05) is 4.68 Å². The molecule has 2 aromatic heterocycles. The molecule has 1 aliphatic rings. The summed E-state index contributed by atoms with van der Waals surface area (Å²) in [6.07, 6.45) is 6.89. The highest BCUT2D eigenvalue weighted by Gasteiger charge is 2.33. The van der Waals surface area contributed by atoms with E-state index in [1.165, 1.54) is 12.8 Å². The Hall–Kier alpha value is -1.91. The van der Waals surface area contributed by atoms with E-state index in [4.69, 9.17) is 10.7 Å². The van der Waals surface area contributed by atoms with E-state index >= 15 is 0 Å². The van der Waals surface area contributed by atoms with E-state index in [0.29, 0.717) is 17.2 Å². The fourth-order valence-corrected chi connectivity index (χ4v) is 3.54.